The number of para-hydroxylation sites is 1. The summed E-state index contributed by atoms with van der Waals surface area (Å²) in [4.78, 5) is 0. The third-order valence-corrected chi connectivity index (χ3v) is 4.01. The molecule has 4 heteroatoms. The average Bonchev–Trinajstić information content (AvgIpc) is 2.46. The molecule has 0 radical (unpaired) electrons. The molecule has 2 nitrogen and oxygen atoms in total. The molecular formula is C16H15ClFNO. The van der Waals surface area contributed by atoms with Crippen molar-refractivity contribution in [2.24, 2.45) is 0 Å². The SMILES string of the molecule is CNC1CC(c2c(F)cccc2Cl)Oc2ccccc21. The molecule has 0 saturated heterocycles. The molecule has 0 amide bonds. The Morgan fingerprint density at radius 2 is 2.00 bits per heavy atom. The van der Waals surface area contributed by atoms with E-state index in [9.17, 15) is 4.39 Å². The van der Waals surface area contributed by atoms with Crippen LogP contribution >= 0.6 is 11.6 Å². The van der Waals surface area contributed by atoms with Crippen molar-refractivity contribution in [3.63, 3.8) is 0 Å². The fourth-order valence-electron chi connectivity index (χ4n) is 2.69. The van der Waals surface area contributed by atoms with Crippen molar-refractivity contribution >= 4 is 11.6 Å². The molecule has 0 aromatic heterocycles. The summed E-state index contributed by atoms with van der Waals surface area (Å²) in [5, 5.41) is 3.66. The Bertz CT molecular complexity index is 611. The maximum Gasteiger partial charge on any atom is 0.131 e. The van der Waals surface area contributed by atoms with Gasteiger partial charge in [0.15, 0.2) is 0 Å². The number of hydrogen-bond acceptors (Lipinski definition) is 2. The molecule has 2 unspecified atom stereocenters. The summed E-state index contributed by atoms with van der Waals surface area (Å²) in [6.45, 7) is 0. The smallest absolute Gasteiger partial charge is 0.131 e. The van der Waals surface area contributed by atoms with Crippen molar-refractivity contribution in [3.8, 4) is 5.75 Å². The predicted octanol–water partition coefficient (Wildman–Crippen LogP) is 4.26. The predicted molar refractivity (Wildman–Crippen MR) is 77.6 cm³/mol. The molecule has 0 aliphatic carbocycles. The van der Waals surface area contributed by atoms with Crippen LogP contribution in [0, 0.1) is 5.82 Å². The third-order valence-electron chi connectivity index (χ3n) is 3.68. The van der Waals surface area contributed by atoms with E-state index in [-0.39, 0.29) is 18.0 Å². The van der Waals surface area contributed by atoms with Crippen molar-refractivity contribution in [1.82, 2.24) is 5.32 Å². The zero-order valence-electron chi connectivity index (χ0n) is 11.1. The van der Waals surface area contributed by atoms with Crippen molar-refractivity contribution in [3.05, 3.63) is 64.4 Å². The fraction of sp³-hybridized carbons (Fsp3) is 0.250. The van der Waals surface area contributed by atoms with Crippen molar-refractivity contribution in [2.75, 3.05) is 7.05 Å². The summed E-state index contributed by atoms with van der Waals surface area (Å²) in [6.07, 6.45) is 0.268. The molecule has 104 valence electrons. The first-order valence-corrected chi connectivity index (χ1v) is 6.95. The molecule has 1 N–H and O–H groups in total. The van der Waals surface area contributed by atoms with Crippen molar-refractivity contribution < 1.29 is 9.13 Å². The van der Waals surface area contributed by atoms with E-state index in [4.69, 9.17) is 16.3 Å². The minimum Gasteiger partial charge on any atom is -0.485 e. The first kappa shape index (κ1) is 13.4. The zero-order chi connectivity index (χ0) is 14.1. The molecular weight excluding hydrogens is 277 g/mol. The van der Waals surface area contributed by atoms with Gasteiger partial charge in [-0.05, 0) is 25.2 Å². The van der Waals surface area contributed by atoms with Crippen LogP contribution in [0.15, 0.2) is 42.5 Å². The van der Waals surface area contributed by atoms with Gasteiger partial charge in [-0.3, -0.25) is 0 Å². The van der Waals surface area contributed by atoms with Crippen molar-refractivity contribution in [1.29, 1.82) is 0 Å². The van der Waals surface area contributed by atoms with Gasteiger partial charge in [-0.2, -0.15) is 0 Å². The Kier molecular flexibility index (Phi) is 3.64. The summed E-state index contributed by atoms with van der Waals surface area (Å²) in [5.74, 6) is 0.458. The van der Waals surface area contributed by atoms with E-state index in [1.807, 2.05) is 31.3 Å². The number of halogens is 2. The molecule has 2 aromatic rings. The second-order valence-corrected chi connectivity index (χ2v) is 5.26. The van der Waals surface area contributed by atoms with Gasteiger partial charge in [-0.15, -0.1) is 0 Å². The van der Waals surface area contributed by atoms with Crippen molar-refractivity contribution in [2.45, 2.75) is 18.6 Å². The van der Waals surface area contributed by atoms with Gasteiger partial charge in [0, 0.05) is 23.6 Å². The van der Waals surface area contributed by atoms with Crippen LogP contribution in [0.25, 0.3) is 0 Å². The number of benzene rings is 2. The molecule has 3 rings (SSSR count). The van der Waals surface area contributed by atoms with E-state index in [2.05, 4.69) is 5.32 Å². The quantitative estimate of drug-likeness (QED) is 0.892. The third kappa shape index (κ3) is 2.28. The van der Waals surface area contributed by atoms with Crippen LogP contribution in [0.2, 0.25) is 5.02 Å². The van der Waals surface area contributed by atoms with E-state index in [1.54, 1.807) is 12.1 Å². The molecule has 1 aliphatic heterocycles. The standard InChI is InChI=1S/C16H15ClFNO/c1-19-13-9-15(16-11(17)6-4-7-12(16)18)20-14-8-3-2-5-10(13)14/h2-8,13,15,19H,9H2,1H3. The van der Waals surface area contributed by atoms with E-state index >= 15 is 0 Å². The summed E-state index contributed by atoms with van der Waals surface area (Å²) in [7, 11) is 1.90. The van der Waals surface area contributed by atoms with Crippen LogP contribution < -0.4 is 10.1 Å². The average molecular weight is 292 g/mol. The number of hydrogen-bond donors (Lipinski definition) is 1. The Hall–Kier alpha value is -1.58. The van der Waals surface area contributed by atoms with Gasteiger partial charge in [0.1, 0.15) is 17.7 Å². The molecule has 20 heavy (non-hydrogen) atoms. The van der Waals surface area contributed by atoms with Crippen LogP contribution in [0.5, 0.6) is 5.75 Å². The van der Waals surface area contributed by atoms with Gasteiger partial charge in [-0.25, -0.2) is 4.39 Å². The van der Waals surface area contributed by atoms with Gasteiger partial charge in [-0.1, -0.05) is 35.9 Å². The Labute approximate surface area is 122 Å². The largest absolute Gasteiger partial charge is 0.485 e. The molecule has 0 spiro atoms. The molecule has 1 heterocycles. The Morgan fingerprint density at radius 3 is 2.75 bits per heavy atom. The lowest BCUT2D eigenvalue weighted by atomic mass is 9.93. The monoisotopic (exact) mass is 291 g/mol. The normalized spacial score (nSPS) is 21.1. The summed E-state index contributed by atoms with van der Waals surface area (Å²) in [5.41, 5.74) is 1.53. The highest BCUT2D eigenvalue weighted by Gasteiger charge is 2.31. The van der Waals surface area contributed by atoms with Gasteiger partial charge in [0.2, 0.25) is 0 Å². The van der Waals surface area contributed by atoms with E-state index in [0.717, 1.165) is 11.3 Å². The number of nitrogens with one attached hydrogen (secondary N) is 1. The molecule has 0 saturated carbocycles. The zero-order valence-corrected chi connectivity index (χ0v) is 11.8. The van der Waals surface area contributed by atoms with Gasteiger partial charge >= 0.3 is 0 Å². The Balaban J connectivity index is 2.02. The van der Waals surface area contributed by atoms with Crippen LogP contribution in [0.1, 0.15) is 29.7 Å². The molecule has 0 bridgehead atoms. The number of fused-ring (bicyclic) bond motifs is 1. The highest BCUT2D eigenvalue weighted by Crippen LogP contribution is 2.42. The first-order valence-electron chi connectivity index (χ1n) is 6.57. The molecule has 0 fully saturated rings. The summed E-state index contributed by atoms with van der Waals surface area (Å²) < 4.78 is 20.0. The first-order chi connectivity index (χ1) is 9.70. The van der Waals surface area contributed by atoms with E-state index in [0.29, 0.717) is 17.0 Å². The molecule has 2 aromatic carbocycles. The van der Waals surface area contributed by atoms with Crippen LogP contribution in [-0.2, 0) is 0 Å². The Morgan fingerprint density at radius 1 is 1.20 bits per heavy atom. The topological polar surface area (TPSA) is 21.3 Å². The second kappa shape index (κ2) is 5.43. The maximum absolute atomic E-state index is 14.1. The lowest BCUT2D eigenvalue weighted by Gasteiger charge is -2.32. The maximum atomic E-state index is 14.1. The molecule has 2 atom stereocenters. The second-order valence-electron chi connectivity index (χ2n) is 4.86. The summed E-state index contributed by atoms with van der Waals surface area (Å²) >= 11 is 6.14. The van der Waals surface area contributed by atoms with Crippen LogP contribution in [0.3, 0.4) is 0 Å². The minimum atomic E-state index is -0.379. The fourth-order valence-corrected chi connectivity index (χ4v) is 2.97. The lowest BCUT2D eigenvalue weighted by molar-refractivity contribution is 0.150. The molecule has 1 aliphatic rings. The van der Waals surface area contributed by atoms with Gasteiger partial charge < -0.3 is 10.1 Å². The van der Waals surface area contributed by atoms with Crippen LogP contribution in [-0.4, -0.2) is 7.05 Å². The van der Waals surface area contributed by atoms with Gasteiger partial charge in [0.05, 0.1) is 5.02 Å². The highest BCUT2D eigenvalue weighted by molar-refractivity contribution is 6.31. The number of rotatable bonds is 2. The lowest BCUT2D eigenvalue weighted by Crippen LogP contribution is -2.27. The highest BCUT2D eigenvalue weighted by atomic mass is 35.5. The van der Waals surface area contributed by atoms with E-state index in [1.165, 1.54) is 6.07 Å². The summed E-state index contributed by atoms with van der Waals surface area (Å²) in [6, 6.07) is 12.7. The minimum absolute atomic E-state index is 0.126. The van der Waals surface area contributed by atoms with E-state index < -0.39 is 0 Å². The van der Waals surface area contributed by atoms with Crippen LogP contribution in [0.4, 0.5) is 4.39 Å². The number of ether oxygens (including phenoxy) is 1. The van der Waals surface area contributed by atoms with Gasteiger partial charge in [0.25, 0.3) is 0 Å².